The zero-order valence-corrected chi connectivity index (χ0v) is 11.9. The van der Waals surface area contributed by atoms with Crippen molar-refractivity contribution in [1.82, 2.24) is 0 Å². The van der Waals surface area contributed by atoms with Gasteiger partial charge in [0, 0.05) is 23.9 Å². The van der Waals surface area contributed by atoms with Crippen LogP contribution in [0.5, 0.6) is 0 Å². The average molecular weight is 278 g/mol. The van der Waals surface area contributed by atoms with Crippen LogP contribution < -0.4 is 16.6 Å². The van der Waals surface area contributed by atoms with E-state index < -0.39 is 4.92 Å². The highest BCUT2D eigenvalue weighted by molar-refractivity contribution is 5.63. The van der Waals surface area contributed by atoms with Gasteiger partial charge < -0.3 is 10.7 Å². The van der Waals surface area contributed by atoms with Crippen LogP contribution >= 0.6 is 0 Å². The normalized spacial score (nSPS) is 26.1. The molecule has 0 spiro atoms. The average Bonchev–Trinajstić information content (AvgIpc) is 2.41. The van der Waals surface area contributed by atoms with E-state index in [2.05, 4.69) is 24.6 Å². The maximum Gasteiger partial charge on any atom is 0.273 e. The number of rotatable bonds is 4. The highest BCUT2D eigenvalue weighted by Gasteiger charge is 2.25. The lowest BCUT2D eigenvalue weighted by atomic mass is 9.80. The Kier molecular flexibility index (Phi) is 4.44. The summed E-state index contributed by atoms with van der Waals surface area (Å²) in [5.74, 6) is 6.69. The number of benzene rings is 1. The van der Waals surface area contributed by atoms with E-state index >= 15 is 0 Å². The molecule has 0 aliphatic heterocycles. The summed E-state index contributed by atoms with van der Waals surface area (Å²) in [7, 11) is 0. The molecule has 6 heteroatoms. The number of nitro benzene ring substituents is 1. The Labute approximate surface area is 118 Å². The molecule has 1 aliphatic carbocycles. The van der Waals surface area contributed by atoms with Crippen LogP contribution in [0.1, 0.15) is 33.1 Å². The summed E-state index contributed by atoms with van der Waals surface area (Å²) in [6.07, 6.45) is 3.48. The molecular weight excluding hydrogens is 256 g/mol. The third-order valence-electron chi connectivity index (χ3n) is 4.08. The summed E-state index contributed by atoms with van der Waals surface area (Å²) in [5.41, 5.74) is 3.80. The number of nitrogen functional groups attached to an aromatic ring is 1. The summed E-state index contributed by atoms with van der Waals surface area (Å²) in [5, 5.41) is 14.4. The Morgan fingerprint density at radius 2 is 1.95 bits per heavy atom. The number of hydrazine groups is 1. The molecule has 1 aliphatic rings. The van der Waals surface area contributed by atoms with E-state index in [-0.39, 0.29) is 5.69 Å². The number of nitrogens with two attached hydrogens (primary N) is 1. The first-order valence-electron chi connectivity index (χ1n) is 7.02. The van der Waals surface area contributed by atoms with Gasteiger partial charge in [0.1, 0.15) is 0 Å². The second-order valence-electron chi connectivity index (χ2n) is 5.82. The van der Waals surface area contributed by atoms with Crippen LogP contribution in [0.4, 0.5) is 17.1 Å². The molecule has 0 radical (unpaired) electrons. The molecule has 6 nitrogen and oxygen atoms in total. The first kappa shape index (κ1) is 14.6. The van der Waals surface area contributed by atoms with Crippen molar-refractivity contribution in [2.75, 3.05) is 10.7 Å². The Bertz CT molecular complexity index is 492. The number of nitrogens with zero attached hydrogens (tertiary/aromatic N) is 1. The first-order valence-corrected chi connectivity index (χ1v) is 7.02. The van der Waals surface area contributed by atoms with Gasteiger partial charge in [-0.15, -0.1) is 0 Å². The minimum Gasteiger partial charge on any atom is -0.382 e. The largest absolute Gasteiger partial charge is 0.382 e. The van der Waals surface area contributed by atoms with Crippen LogP contribution in [0, 0.1) is 22.0 Å². The van der Waals surface area contributed by atoms with Gasteiger partial charge in [-0.1, -0.05) is 13.8 Å². The van der Waals surface area contributed by atoms with Crippen molar-refractivity contribution >= 4 is 17.1 Å². The van der Waals surface area contributed by atoms with Crippen molar-refractivity contribution in [3.8, 4) is 0 Å². The molecule has 4 N–H and O–H groups in total. The number of anilines is 2. The maximum atomic E-state index is 10.9. The summed E-state index contributed by atoms with van der Waals surface area (Å²) < 4.78 is 0. The maximum absolute atomic E-state index is 10.9. The van der Waals surface area contributed by atoms with Crippen molar-refractivity contribution < 1.29 is 4.92 Å². The Morgan fingerprint density at radius 1 is 1.25 bits per heavy atom. The minimum absolute atomic E-state index is 0.0415. The number of nitrogens with one attached hydrogen (secondary N) is 2. The molecule has 0 amide bonds. The predicted octanol–water partition coefficient (Wildman–Crippen LogP) is 3.12. The number of hydrogen-bond donors (Lipinski definition) is 3. The summed E-state index contributed by atoms with van der Waals surface area (Å²) in [4.78, 5) is 10.5. The lowest BCUT2D eigenvalue weighted by Crippen LogP contribution is -2.33. The highest BCUT2D eigenvalue weighted by Crippen LogP contribution is 2.32. The molecule has 3 atom stereocenters. The first-order chi connectivity index (χ1) is 9.49. The molecule has 0 heterocycles. The molecule has 0 aromatic heterocycles. The van der Waals surface area contributed by atoms with Crippen molar-refractivity contribution in [2.24, 2.45) is 17.7 Å². The topological polar surface area (TPSA) is 93.2 Å². The molecule has 2 rings (SSSR count). The van der Waals surface area contributed by atoms with Gasteiger partial charge in [0.05, 0.1) is 10.6 Å². The van der Waals surface area contributed by atoms with Gasteiger partial charge in [-0.3, -0.25) is 16.0 Å². The van der Waals surface area contributed by atoms with Crippen LogP contribution in [0.2, 0.25) is 0 Å². The van der Waals surface area contributed by atoms with E-state index in [9.17, 15) is 10.1 Å². The molecular formula is C14H22N4O2. The summed E-state index contributed by atoms with van der Waals surface area (Å²) in [6, 6.07) is 5.15. The summed E-state index contributed by atoms with van der Waals surface area (Å²) in [6.45, 7) is 4.50. The zero-order chi connectivity index (χ0) is 14.7. The second-order valence-corrected chi connectivity index (χ2v) is 5.82. The molecule has 0 saturated heterocycles. The third kappa shape index (κ3) is 3.39. The third-order valence-corrected chi connectivity index (χ3v) is 4.08. The van der Waals surface area contributed by atoms with Crippen LogP contribution in [0.3, 0.4) is 0 Å². The van der Waals surface area contributed by atoms with Gasteiger partial charge in [-0.05, 0) is 37.2 Å². The molecule has 1 aromatic rings. The van der Waals surface area contributed by atoms with E-state index in [1.165, 1.54) is 18.9 Å². The quantitative estimate of drug-likeness (QED) is 0.447. The van der Waals surface area contributed by atoms with E-state index in [1.54, 1.807) is 12.1 Å². The molecule has 1 fully saturated rings. The SMILES string of the molecule is CC1CCC(Nc2cc(NN)cc([N+](=O)[O-])c2)C(C)C1. The molecule has 0 bridgehead atoms. The number of nitro groups is 1. The lowest BCUT2D eigenvalue weighted by molar-refractivity contribution is -0.384. The lowest BCUT2D eigenvalue weighted by Gasteiger charge is -2.33. The van der Waals surface area contributed by atoms with E-state index in [0.29, 0.717) is 17.6 Å². The fraction of sp³-hybridized carbons (Fsp3) is 0.571. The monoisotopic (exact) mass is 278 g/mol. The number of non-ortho nitro benzene ring substituents is 1. The fourth-order valence-electron chi connectivity index (χ4n) is 2.98. The van der Waals surface area contributed by atoms with Gasteiger partial charge in [0.25, 0.3) is 5.69 Å². The minimum atomic E-state index is -0.404. The van der Waals surface area contributed by atoms with Gasteiger partial charge in [0.2, 0.25) is 0 Å². The van der Waals surface area contributed by atoms with Crippen LogP contribution in [-0.2, 0) is 0 Å². The van der Waals surface area contributed by atoms with E-state index in [1.807, 2.05) is 0 Å². The van der Waals surface area contributed by atoms with Crippen molar-refractivity contribution in [3.63, 3.8) is 0 Å². The van der Waals surface area contributed by atoms with Gasteiger partial charge in [-0.25, -0.2) is 0 Å². The molecule has 110 valence electrons. The molecule has 20 heavy (non-hydrogen) atoms. The van der Waals surface area contributed by atoms with Gasteiger partial charge >= 0.3 is 0 Å². The molecule has 1 saturated carbocycles. The van der Waals surface area contributed by atoms with Crippen LogP contribution in [0.15, 0.2) is 18.2 Å². The molecule has 3 unspecified atom stereocenters. The smallest absolute Gasteiger partial charge is 0.273 e. The van der Waals surface area contributed by atoms with Gasteiger partial charge in [0.15, 0.2) is 0 Å². The Hall–Kier alpha value is -1.82. The fourth-order valence-corrected chi connectivity index (χ4v) is 2.98. The second kappa shape index (κ2) is 6.09. The van der Waals surface area contributed by atoms with Crippen LogP contribution in [-0.4, -0.2) is 11.0 Å². The standard InChI is InChI=1S/C14H22N4O2/c1-9-3-4-14(10(2)5-9)16-11-6-12(17-15)8-13(7-11)18(19)20/h6-10,14,16-17H,3-5,15H2,1-2H3. The van der Waals surface area contributed by atoms with Crippen LogP contribution in [0.25, 0.3) is 0 Å². The highest BCUT2D eigenvalue weighted by atomic mass is 16.6. The van der Waals surface area contributed by atoms with Crippen molar-refractivity contribution in [1.29, 1.82) is 0 Å². The Balaban J connectivity index is 2.16. The summed E-state index contributed by atoms with van der Waals surface area (Å²) >= 11 is 0. The predicted molar refractivity (Wildman–Crippen MR) is 80.5 cm³/mol. The van der Waals surface area contributed by atoms with Gasteiger partial charge in [-0.2, -0.15) is 0 Å². The van der Waals surface area contributed by atoms with E-state index in [0.717, 1.165) is 18.0 Å². The molecule has 1 aromatic carbocycles. The van der Waals surface area contributed by atoms with Crippen molar-refractivity contribution in [3.05, 3.63) is 28.3 Å². The van der Waals surface area contributed by atoms with E-state index in [4.69, 9.17) is 5.84 Å². The Morgan fingerprint density at radius 3 is 2.55 bits per heavy atom. The number of hydrogen-bond acceptors (Lipinski definition) is 5. The van der Waals surface area contributed by atoms with Crippen molar-refractivity contribution in [2.45, 2.75) is 39.2 Å². The zero-order valence-electron chi connectivity index (χ0n) is 11.9.